The monoisotopic (exact) mass is 367 g/mol. The van der Waals surface area contributed by atoms with Gasteiger partial charge in [-0.2, -0.15) is 0 Å². The van der Waals surface area contributed by atoms with Crippen LogP contribution in [0.4, 0.5) is 0 Å². The number of hydrogen-bond donors (Lipinski definition) is 2. The molecule has 25 heavy (non-hydrogen) atoms. The van der Waals surface area contributed by atoms with Crippen molar-refractivity contribution in [1.29, 1.82) is 0 Å². The second kappa shape index (κ2) is 7.03. The standard InChI is InChI=1S/C17H25N3O4S/c1-20(2)16(21)13-4-3-5-15(10-13)25(22,23)19-14-11-17(24-12-14)6-8-18-9-7-17/h3-5,10,14,18-19H,6-9,11-12H2,1-2H3/t14-/m1/s1. The average molecular weight is 367 g/mol. The topological polar surface area (TPSA) is 87.7 Å². The van der Waals surface area contributed by atoms with Crippen molar-refractivity contribution in [2.75, 3.05) is 33.8 Å². The van der Waals surface area contributed by atoms with Gasteiger partial charge in [0.1, 0.15) is 0 Å². The smallest absolute Gasteiger partial charge is 0.253 e. The van der Waals surface area contributed by atoms with Gasteiger partial charge in [-0.05, 0) is 50.6 Å². The zero-order valence-electron chi connectivity index (χ0n) is 14.6. The first-order valence-electron chi connectivity index (χ1n) is 8.50. The van der Waals surface area contributed by atoms with Crippen LogP contribution in [0.25, 0.3) is 0 Å². The Labute approximate surface area is 148 Å². The number of carbonyl (C=O) groups excluding carboxylic acids is 1. The first-order valence-corrected chi connectivity index (χ1v) is 9.98. The minimum Gasteiger partial charge on any atom is -0.373 e. The summed E-state index contributed by atoms with van der Waals surface area (Å²) in [7, 11) is -0.427. The van der Waals surface area contributed by atoms with Gasteiger partial charge in [0.05, 0.1) is 17.1 Å². The van der Waals surface area contributed by atoms with Gasteiger partial charge in [0, 0.05) is 25.7 Å². The van der Waals surface area contributed by atoms with Crippen LogP contribution < -0.4 is 10.0 Å². The Morgan fingerprint density at radius 2 is 2.04 bits per heavy atom. The highest BCUT2D eigenvalue weighted by Gasteiger charge is 2.42. The number of amides is 1. The lowest BCUT2D eigenvalue weighted by molar-refractivity contribution is -0.0193. The van der Waals surface area contributed by atoms with Crippen LogP contribution in [0.1, 0.15) is 29.6 Å². The van der Waals surface area contributed by atoms with Gasteiger partial charge >= 0.3 is 0 Å². The fourth-order valence-electron chi connectivity index (χ4n) is 3.49. The van der Waals surface area contributed by atoms with Crippen LogP contribution in [0.3, 0.4) is 0 Å². The Balaban J connectivity index is 1.72. The lowest BCUT2D eigenvalue weighted by Gasteiger charge is -2.32. The van der Waals surface area contributed by atoms with Crippen molar-refractivity contribution >= 4 is 15.9 Å². The van der Waals surface area contributed by atoms with E-state index in [0.717, 1.165) is 25.9 Å². The van der Waals surface area contributed by atoms with Crippen molar-refractivity contribution < 1.29 is 17.9 Å². The zero-order chi connectivity index (χ0) is 18.1. The largest absolute Gasteiger partial charge is 0.373 e. The predicted molar refractivity (Wildman–Crippen MR) is 94.0 cm³/mol. The highest BCUT2D eigenvalue weighted by Crippen LogP contribution is 2.34. The number of sulfonamides is 1. The van der Waals surface area contributed by atoms with Crippen molar-refractivity contribution in [2.24, 2.45) is 0 Å². The maximum Gasteiger partial charge on any atom is 0.253 e. The molecule has 8 heteroatoms. The maximum atomic E-state index is 12.7. The van der Waals surface area contributed by atoms with E-state index in [1.165, 1.54) is 17.0 Å². The Kier molecular flexibility index (Phi) is 5.15. The molecular weight excluding hydrogens is 342 g/mol. The summed E-state index contributed by atoms with van der Waals surface area (Å²) >= 11 is 0. The Hall–Kier alpha value is -1.48. The summed E-state index contributed by atoms with van der Waals surface area (Å²) in [6, 6.07) is 5.89. The molecule has 138 valence electrons. The van der Waals surface area contributed by atoms with E-state index in [1.54, 1.807) is 26.2 Å². The third-order valence-corrected chi connectivity index (χ3v) is 6.36. The first kappa shape index (κ1) is 18.3. The van der Waals surface area contributed by atoms with Gasteiger partial charge in [0.15, 0.2) is 0 Å². The number of nitrogens with one attached hydrogen (secondary N) is 2. The van der Waals surface area contributed by atoms with Crippen LogP contribution in [0.5, 0.6) is 0 Å². The molecule has 0 saturated carbocycles. The molecule has 0 unspecified atom stereocenters. The maximum absolute atomic E-state index is 12.7. The zero-order valence-corrected chi connectivity index (χ0v) is 15.4. The molecule has 2 aliphatic heterocycles. The minimum atomic E-state index is -3.70. The molecule has 2 fully saturated rings. The summed E-state index contributed by atoms with van der Waals surface area (Å²) in [5, 5.41) is 3.30. The molecule has 1 aromatic rings. The van der Waals surface area contributed by atoms with Crippen LogP contribution in [-0.4, -0.2) is 64.7 Å². The highest BCUT2D eigenvalue weighted by atomic mass is 32.2. The second-order valence-electron chi connectivity index (χ2n) is 6.99. The molecular formula is C17H25N3O4S. The molecule has 1 spiro atoms. The molecule has 0 radical (unpaired) electrons. The number of ether oxygens (including phenoxy) is 1. The lowest BCUT2D eigenvalue weighted by Crippen LogP contribution is -2.43. The summed E-state index contributed by atoms with van der Waals surface area (Å²) in [6.07, 6.45) is 2.49. The van der Waals surface area contributed by atoms with E-state index in [1.807, 2.05) is 0 Å². The van der Waals surface area contributed by atoms with Crippen molar-refractivity contribution in [3.05, 3.63) is 29.8 Å². The lowest BCUT2D eigenvalue weighted by atomic mass is 9.88. The van der Waals surface area contributed by atoms with Gasteiger partial charge in [-0.3, -0.25) is 4.79 Å². The third kappa shape index (κ3) is 4.03. The fourth-order valence-corrected chi connectivity index (χ4v) is 4.76. The van der Waals surface area contributed by atoms with Crippen LogP contribution in [-0.2, 0) is 14.8 Å². The Morgan fingerprint density at radius 3 is 2.72 bits per heavy atom. The average Bonchev–Trinajstić information content (AvgIpc) is 2.96. The molecule has 1 atom stereocenters. The normalized spacial score (nSPS) is 22.9. The summed E-state index contributed by atoms with van der Waals surface area (Å²) in [6.45, 7) is 2.18. The number of nitrogens with zero attached hydrogens (tertiary/aromatic N) is 1. The third-order valence-electron chi connectivity index (χ3n) is 4.84. The number of piperidine rings is 1. The van der Waals surface area contributed by atoms with Crippen LogP contribution >= 0.6 is 0 Å². The molecule has 7 nitrogen and oxygen atoms in total. The molecule has 1 amide bonds. The predicted octanol–water partition coefficient (Wildman–Crippen LogP) is 0.578. The Bertz CT molecular complexity index is 742. The second-order valence-corrected chi connectivity index (χ2v) is 8.71. The van der Waals surface area contributed by atoms with E-state index >= 15 is 0 Å². The molecule has 3 rings (SSSR count). The number of rotatable bonds is 4. The van der Waals surface area contributed by atoms with Crippen LogP contribution in [0, 0.1) is 0 Å². The van der Waals surface area contributed by atoms with E-state index in [4.69, 9.17) is 4.74 Å². The fraction of sp³-hybridized carbons (Fsp3) is 0.588. The van der Waals surface area contributed by atoms with E-state index in [0.29, 0.717) is 18.6 Å². The van der Waals surface area contributed by atoms with Gasteiger partial charge in [-0.25, -0.2) is 13.1 Å². The van der Waals surface area contributed by atoms with Crippen LogP contribution in [0.15, 0.2) is 29.2 Å². The summed E-state index contributed by atoms with van der Waals surface area (Å²) in [4.78, 5) is 13.6. The van der Waals surface area contributed by atoms with Crippen LogP contribution in [0.2, 0.25) is 0 Å². The number of hydrogen-bond acceptors (Lipinski definition) is 5. The van der Waals surface area contributed by atoms with E-state index in [-0.39, 0.29) is 22.4 Å². The van der Waals surface area contributed by atoms with Gasteiger partial charge in [0.2, 0.25) is 10.0 Å². The summed E-state index contributed by atoms with van der Waals surface area (Å²) in [5.41, 5.74) is 0.145. The Morgan fingerprint density at radius 1 is 1.32 bits per heavy atom. The van der Waals surface area contributed by atoms with Crippen molar-refractivity contribution in [3.8, 4) is 0 Å². The highest BCUT2D eigenvalue weighted by molar-refractivity contribution is 7.89. The molecule has 0 bridgehead atoms. The van der Waals surface area contributed by atoms with E-state index in [2.05, 4.69) is 10.0 Å². The van der Waals surface area contributed by atoms with Gasteiger partial charge in [-0.15, -0.1) is 0 Å². The molecule has 0 aliphatic carbocycles. The quantitative estimate of drug-likeness (QED) is 0.813. The SMILES string of the molecule is CN(C)C(=O)c1cccc(S(=O)(=O)N[C@H]2COC3(CCNCC3)C2)c1. The number of benzene rings is 1. The molecule has 2 aliphatic rings. The van der Waals surface area contributed by atoms with E-state index in [9.17, 15) is 13.2 Å². The summed E-state index contributed by atoms with van der Waals surface area (Å²) in [5.74, 6) is -0.227. The molecule has 0 aromatic heterocycles. The van der Waals surface area contributed by atoms with E-state index < -0.39 is 10.0 Å². The van der Waals surface area contributed by atoms with Crippen molar-refractivity contribution in [1.82, 2.24) is 14.9 Å². The van der Waals surface area contributed by atoms with Gasteiger partial charge < -0.3 is 15.0 Å². The van der Waals surface area contributed by atoms with Gasteiger partial charge in [0.25, 0.3) is 5.91 Å². The van der Waals surface area contributed by atoms with Gasteiger partial charge in [-0.1, -0.05) is 6.07 Å². The molecule has 1 aromatic carbocycles. The first-order chi connectivity index (χ1) is 11.8. The summed E-state index contributed by atoms with van der Waals surface area (Å²) < 4.78 is 34.1. The molecule has 2 heterocycles. The van der Waals surface area contributed by atoms with Crippen molar-refractivity contribution in [3.63, 3.8) is 0 Å². The number of carbonyl (C=O) groups is 1. The molecule has 2 N–H and O–H groups in total. The minimum absolute atomic E-state index is 0.103. The van der Waals surface area contributed by atoms with Crippen molar-refractivity contribution in [2.45, 2.75) is 35.8 Å². The molecule has 2 saturated heterocycles.